The van der Waals surface area contributed by atoms with E-state index in [0.717, 1.165) is 0 Å². The van der Waals surface area contributed by atoms with Gasteiger partial charge in [0, 0.05) is 0 Å². The molecule has 0 rings (SSSR count). The van der Waals surface area contributed by atoms with E-state index in [0.29, 0.717) is 0 Å². The van der Waals surface area contributed by atoms with Gasteiger partial charge in [-0.15, -0.1) is 0 Å². The van der Waals surface area contributed by atoms with E-state index in [1.165, 1.54) is 17.6 Å². The first-order valence-corrected chi connectivity index (χ1v) is 3.28. The molecule has 4 heavy (non-hydrogen) atoms. The van der Waals surface area contributed by atoms with Gasteiger partial charge >= 0.3 is 27.2 Å². The van der Waals surface area contributed by atoms with Crippen molar-refractivity contribution in [2.75, 3.05) is 0 Å². The molecule has 31 valence electrons. The predicted molar refractivity (Wildman–Crippen MR) is 11.8 cm³/mol. The predicted octanol–water partition coefficient (Wildman–Crippen LogP) is -1.93. The van der Waals surface area contributed by atoms with Gasteiger partial charge in [0.1, 0.15) is 0 Å². The molecule has 0 amide bonds. The molecule has 0 unspecified atom stereocenters. The molecule has 4 heteroatoms. The second kappa shape index (κ2) is 30.4. The van der Waals surface area contributed by atoms with Crippen LogP contribution in [0.15, 0.2) is 0 Å². The Morgan fingerprint density at radius 3 is 1.25 bits per heavy atom. The van der Waals surface area contributed by atoms with Crippen LogP contribution in [0.2, 0.25) is 0 Å². The van der Waals surface area contributed by atoms with Gasteiger partial charge in [-0.2, -0.15) is 0 Å². The van der Waals surface area contributed by atoms with Crippen LogP contribution in [0.3, 0.4) is 0 Å². The standard InChI is InChI=1S/2ClH.H3N.Os/h2*1H;1H3;/q;;;+1/p-1. The van der Waals surface area contributed by atoms with Crippen LogP contribution in [0, 0.1) is 0 Å². The van der Waals surface area contributed by atoms with E-state index < -0.39 is 0 Å². The fourth-order valence-electron chi connectivity index (χ4n) is 0. The third kappa shape index (κ3) is 10.9. The smallest absolute Gasteiger partial charge is 0.369 e. The summed E-state index contributed by atoms with van der Waals surface area (Å²) >= 11 is 1.33. The maximum atomic E-state index is 4.67. The summed E-state index contributed by atoms with van der Waals surface area (Å²) in [6.45, 7) is 0. The average Bonchev–Trinajstić information content (AvgIpc) is 1.00. The number of halogens is 2. The molecule has 0 aromatic heterocycles. The molecule has 0 saturated heterocycles. The number of rotatable bonds is 0. The van der Waals surface area contributed by atoms with Crippen LogP contribution in [0.1, 0.15) is 0 Å². The Labute approximate surface area is 46.0 Å². The molecule has 0 spiro atoms. The number of hydrogen-bond acceptors (Lipinski definition) is 0. The summed E-state index contributed by atoms with van der Waals surface area (Å²) in [6.07, 6.45) is 0. The van der Waals surface area contributed by atoms with E-state index in [1.807, 2.05) is 0 Å². The summed E-state index contributed by atoms with van der Waals surface area (Å²) < 4.78 is 0. The average molecular weight is 279 g/mol. The van der Waals surface area contributed by atoms with Crippen molar-refractivity contribution in [3.05, 3.63) is 0 Å². The van der Waals surface area contributed by atoms with E-state index in [-0.39, 0.29) is 18.6 Å². The molecular weight excluding hydrogens is 275 g/mol. The van der Waals surface area contributed by atoms with Crippen LogP contribution in [0.4, 0.5) is 0 Å². The van der Waals surface area contributed by atoms with Crippen LogP contribution >= 0.6 is 9.64 Å². The summed E-state index contributed by atoms with van der Waals surface area (Å²) in [5.74, 6) is 0. The van der Waals surface area contributed by atoms with Gasteiger partial charge in [-0.1, -0.05) is 0 Å². The van der Waals surface area contributed by atoms with Crippen molar-refractivity contribution in [1.29, 1.82) is 0 Å². The SMILES string of the molecule is [Cl-].[Cl][Os].[NH4+]. The molecule has 0 aliphatic heterocycles. The van der Waals surface area contributed by atoms with E-state index in [9.17, 15) is 0 Å². The third-order valence-corrected chi connectivity index (χ3v) is 0. The van der Waals surface area contributed by atoms with E-state index in [2.05, 4.69) is 9.64 Å². The molecule has 0 saturated carbocycles. The normalized spacial score (nSPS) is 1.50. The molecule has 0 aliphatic carbocycles. The molecule has 0 bridgehead atoms. The number of hydrogen-bond donors (Lipinski definition) is 1. The van der Waals surface area contributed by atoms with Gasteiger partial charge in [0.15, 0.2) is 0 Å². The van der Waals surface area contributed by atoms with Crippen molar-refractivity contribution in [3.8, 4) is 0 Å². The van der Waals surface area contributed by atoms with Gasteiger partial charge in [-0.3, -0.25) is 0 Å². The van der Waals surface area contributed by atoms with Gasteiger partial charge in [0.2, 0.25) is 0 Å². The van der Waals surface area contributed by atoms with Crippen LogP contribution in [-0.2, 0) is 17.6 Å². The van der Waals surface area contributed by atoms with Crippen LogP contribution in [0.5, 0.6) is 0 Å². The van der Waals surface area contributed by atoms with Crippen LogP contribution in [-0.4, -0.2) is 0 Å². The first-order chi connectivity index (χ1) is 1.00. The third-order valence-electron chi connectivity index (χ3n) is 0. The Hall–Kier alpha value is 1.18. The zero-order chi connectivity index (χ0) is 2.00. The zero-order valence-electron chi connectivity index (χ0n) is 2.11. The molecule has 0 fully saturated rings. The quantitative estimate of drug-likeness (QED) is 0.536. The van der Waals surface area contributed by atoms with Crippen molar-refractivity contribution >= 4 is 9.64 Å². The molecule has 0 atom stereocenters. The fourth-order valence-corrected chi connectivity index (χ4v) is 0. The molecule has 0 aliphatic rings. The minimum atomic E-state index is 0. The molecule has 0 heterocycles. The molecule has 0 radical (unpaired) electrons. The topological polar surface area (TPSA) is 36.5 Å². The molecule has 1 nitrogen and oxygen atoms in total. The van der Waals surface area contributed by atoms with Crippen molar-refractivity contribution in [2.24, 2.45) is 0 Å². The van der Waals surface area contributed by atoms with Gasteiger partial charge < -0.3 is 18.6 Å². The Kier molecular flexibility index (Phi) is 145. The molecule has 4 N–H and O–H groups in total. The first kappa shape index (κ1) is 19.1. The van der Waals surface area contributed by atoms with Crippen molar-refractivity contribution in [1.82, 2.24) is 6.15 Å². The van der Waals surface area contributed by atoms with E-state index in [4.69, 9.17) is 0 Å². The first-order valence-electron chi connectivity index (χ1n) is 0.134. The summed E-state index contributed by atoms with van der Waals surface area (Å²) in [6, 6.07) is 0. The van der Waals surface area contributed by atoms with Gasteiger partial charge in [0.05, 0.1) is 0 Å². The molecular formula is H4Cl2NOs. The zero-order valence-corrected chi connectivity index (χ0v) is 6.16. The molecule has 0 aromatic carbocycles. The molecule has 0 aromatic rings. The van der Waals surface area contributed by atoms with E-state index >= 15 is 0 Å². The number of quaternary nitrogens is 1. The summed E-state index contributed by atoms with van der Waals surface area (Å²) in [5, 5.41) is 0. The summed E-state index contributed by atoms with van der Waals surface area (Å²) in [4.78, 5) is 0. The van der Waals surface area contributed by atoms with Gasteiger partial charge in [0.25, 0.3) is 0 Å². The van der Waals surface area contributed by atoms with E-state index in [1.54, 1.807) is 0 Å². The minimum Gasteiger partial charge on any atom is -0.369 e. The Bertz CT molecular complexity index is 6.00. The Balaban J connectivity index is -0.00000000500. The largest absolute Gasteiger partial charge is 0.369 e. The van der Waals surface area contributed by atoms with Crippen molar-refractivity contribution in [2.45, 2.75) is 0 Å². The maximum Gasteiger partial charge on any atom is -0.369 e. The summed E-state index contributed by atoms with van der Waals surface area (Å²) in [7, 11) is 4.67. The van der Waals surface area contributed by atoms with Crippen LogP contribution < -0.4 is 18.6 Å². The Morgan fingerprint density at radius 1 is 1.25 bits per heavy atom. The van der Waals surface area contributed by atoms with Gasteiger partial charge in [-0.25, -0.2) is 0 Å². The van der Waals surface area contributed by atoms with Gasteiger partial charge in [-0.05, 0) is 0 Å². The second-order valence-electron chi connectivity index (χ2n) is 0. The second-order valence-corrected chi connectivity index (χ2v) is 0. The summed E-state index contributed by atoms with van der Waals surface area (Å²) in [5.41, 5.74) is 0. The van der Waals surface area contributed by atoms with Crippen LogP contribution in [0.25, 0.3) is 0 Å². The monoisotopic (exact) mass is 280 g/mol. The van der Waals surface area contributed by atoms with Crippen molar-refractivity contribution < 1.29 is 30.0 Å². The fraction of sp³-hybridized carbons (Fsp3) is 0. The maximum absolute atomic E-state index is 4.67. The Morgan fingerprint density at radius 2 is 1.25 bits per heavy atom. The minimum absolute atomic E-state index is 0. The van der Waals surface area contributed by atoms with Crippen molar-refractivity contribution in [3.63, 3.8) is 0 Å².